The molecular formula is C15H16F2N2O6. The summed E-state index contributed by atoms with van der Waals surface area (Å²) in [5, 5.41) is 2.23. The summed E-state index contributed by atoms with van der Waals surface area (Å²) >= 11 is 0. The molecule has 25 heavy (non-hydrogen) atoms. The number of carbonyl (C=O) groups is 3. The first-order valence-electron chi connectivity index (χ1n) is 7.20. The Morgan fingerprint density at radius 1 is 1.20 bits per heavy atom. The van der Waals surface area contributed by atoms with Crippen molar-refractivity contribution >= 4 is 23.7 Å². The minimum absolute atomic E-state index is 0.0898. The van der Waals surface area contributed by atoms with Gasteiger partial charge >= 0.3 is 18.0 Å². The molecule has 10 heteroatoms. The molecule has 8 nitrogen and oxygen atoms in total. The van der Waals surface area contributed by atoms with Crippen molar-refractivity contribution in [1.82, 2.24) is 4.90 Å². The van der Waals surface area contributed by atoms with Crippen molar-refractivity contribution in [2.45, 2.75) is 6.10 Å². The van der Waals surface area contributed by atoms with Crippen molar-refractivity contribution in [3.63, 3.8) is 0 Å². The standard InChI is InChI=1S/C15H16F2N2O6/c1-23-13(20)8-5-11(10(17)6-9(8)16)18-15(22)19-3-4-25-12(7-19)14(21)24-2/h5-6,12H,3-4,7H2,1-2H3,(H,18,22). The van der Waals surface area contributed by atoms with Gasteiger partial charge in [0.1, 0.15) is 11.6 Å². The molecule has 1 heterocycles. The van der Waals surface area contributed by atoms with E-state index in [1.54, 1.807) is 0 Å². The number of methoxy groups -OCH3 is 2. The van der Waals surface area contributed by atoms with Crippen LogP contribution in [0, 0.1) is 11.6 Å². The smallest absolute Gasteiger partial charge is 0.340 e. The van der Waals surface area contributed by atoms with Crippen LogP contribution in [0.1, 0.15) is 10.4 Å². The van der Waals surface area contributed by atoms with Crippen molar-refractivity contribution in [3.05, 3.63) is 29.3 Å². The second-order valence-corrected chi connectivity index (χ2v) is 5.06. The van der Waals surface area contributed by atoms with E-state index in [4.69, 9.17) is 4.74 Å². The molecule has 0 saturated carbocycles. The van der Waals surface area contributed by atoms with Crippen LogP contribution in [0.25, 0.3) is 0 Å². The van der Waals surface area contributed by atoms with E-state index in [0.717, 1.165) is 13.2 Å². The van der Waals surface area contributed by atoms with Gasteiger partial charge in [0.05, 0.1) is 38.6 Å². The summed E-state index contributed by atoms with van der Waals surface area (Å²) < 4.78 is 41.6. The highest BCUT2D eigenvalue weighted by molar-refractivity contribution is 5.94. The third-order valence-electron chi connectivity index (χ3n) is 3.52. The fourth-order valence-corrected chi connectivity index (χ4v) is 2.21. The Balaban J connectivity index is 2.14. The molecule has 0 aromatic heterocycles. The summed E-state index contributed by atoms with van der Waals surface area (Å²) in [5.41, 5.74) is -0.915. The van der Waals surface area contributed by atoms with Crippen molar-refractivity contribution in [1.29, 1.82) is 0 Å². The van der Waals surface area contributed by atoms with Crippen LogP contribution in [0.15, 0.2) is 12.1 Å². The van der Waals surface area contributed by atoms with Crippen LogP contribution in [0.2, 0.25) is 0 Å². The van der Waals surface area contributed by atoms with Crippen molar-refractivity contribution in [2.75, 3.05) is 39.2 Å². The molecule has 2 amide bonds. The lowest BCUT2D eigenvalue weighted by atomic mass is 10.1. The molecule has 1 aliphatic heterocycles. The fourth-order valence-electron chi connectivity index (χ4n) is 2.21. The van der Waals surface area contributed by atoms with Crippen LogP contribution in [0.5, 0.6) is 0 Å². The molecule has 1 saturated heterocycles. The Kier molecular flexibility index (Phi) is 5.86. The number of hydrogen-bond acceptors (Lipinski definition) is 6. The zero-order valence-electron chi connectivity index (χ0n) is 13.5. The molecule has 1 atom stereocenters. The zero-order chi connectivity index (χ0) is 18.6. The van der Waals surface area contributed by atoms with Gasteiger partial charge in [0.2, 0.25) is 0 Å². The van der Waals surface area contributed by atoms with Crippen LogP contribution in [-0.2, 0) is 19.0 Å². The average molecular weight is 358 g/mol. The minimum atomic E-state index is -1.11. The molecule has 0 spiro atoms. The number of nitrogens with zero attached hydrogens (tertiary/aromatic N) is 1. The summed E-state index contributed by atoms with van der Waals surface area (Å²) in [6, 6.07) is 0.573. The van der Waals surface area contributed by atoms with E-state index in [0.29, 0.717) is 6.07 Å². The lowest BCUT2D eigenvalue weighted by Crippen LogP contribution is -2.50. The third-order valence-corrected chi connectivity index (χ3v) is 3.52. The maximum Gasteiger partial charge on any atom is 0.340 e. The quantitative estimate of drug-likeness (QED) is 0.815. The number of hydrogen-bond donors (Lipinski definition) is 1. The maximum atomic E-state index is 13.9. The Morgan fingerprint density at radius 2 is 1.92 bits per heavy atom. The highest BCUT2D eigenvalue weighted by Gasteiger charge is 2.30. The van der Waals surface area contributed by atoms with Gasteiger partial charge in [0.25, 0.3) is 0 Å². The number of halogens is 2. The number of rotatable bonds is 3. The molecule has 2 rings (SSSR count). The summed E-state index contributed by atoms with van der Waals surface area (Å²) in [7, 11) is 2.23. The second kappa shape index (κ2) is 7.88. The summed E-state index contributed by atoms with van der Waals surface area (Å²) in [6.07, 6.45) is -0.951. The van der Waals surface area contributed by atoms with E-state index in [2.05, 4.69) is 14.8 Å². The first-order chi connectivity index (χ1) is 11.9. The van der Waals surface area contributed by atoms with E-state index in [1.807, 2.05) is 0 Å². The fraction of sp³-hybridized carbons (Fsp3) is 0.400. The Bertz CT molecular complexity index is 697. The first kappa shape index (κ1) is 18.6. The molecule has 1 aliphatic rings. The van der Waals surface area contributed by atoms with Crippen LogP contribution >= 0.6 is 0 Å². The molecule has 136 valence electrons. The maximum absolute atomic E-state index is 13.9. The number of carbonyl (C=O) groups excluding carboxylic acids is 3. The van der Waals surface area contributed by atoms with Gasteiger partial charge in [-0.05, 0) is 6.07 Å². The van der Waals surface area contributed by atoms with Gasteiger partial charge in [0, 0.05) is 12.6 Å². The number of anilines is 1. The Hall–Kier alpha value is -2.75. The van der Waals surface area contributed by atoms with Gasteiger partial charge in [-0.15, -0.1) is 0 Å². The van der Waals surface area contributed by atoms with Crippen LogP contribution in [0.4, 0.5) is 19.3 Å². The number of urea groups is 1. The summed E-state index contributed by atoms with van der Waals surface area (Å²) in [5.74, 6) is -3.82. The summed E-state index contributed by atoms with van der Waals surface area (Å²) in [4.78, 5) is 36.4. The molecule has 0 aliphatic carbocycles. The van der Waals surface area contributed by atoms with Crippen LogP contribution < -0.4 is 5.32 Å². The summed E-state index contributed by atoms with van der Waals surface area (Å²) in [6.45, 7) is 0.156. The van der Waals surface area contributed by atoms with Gasteiger partial charge in [-0.3, -0.25) is 0 Å². The topological polar surface area (TPSA) is 94.2 Å². The number of nitrogens with one attached hydrogen (secondary N) is 1. The lowest BCUT2D eigenvalue weighted by molar-refractivity contribution is -0.158. The van der Waals surface area contributed by atoms with E-state index < -0.39 is 47.0 Å². The van der Waals surface area contributed by atoms with Crippen molar-refractivity contribution < 1.29 is 37.4 Å². The molecule has 0 bridgehead atoms. The van der Waals surface area contributed by atoms with Crippen molar-refractivity contribution in [2.24, 2.45) is 0 Å². The number of esters is 2. The van der Waals surface area contributed by atoms with E-state index in [-0.39, 0.29) is 19.7 Å². The van der Waals surface area contributed by atoms with Crippen molar-refractivity contribution in [3.8, 4) is 0 Å². The average Bonchev–Trinajstić information content (AvgIpc) is 2.62. The van der Waals surface area contributed by atoms with Crippen LogP contribution in [-0.4, -0.2) is 62.9 Å². The van der Waals surface area contributed by atoms with Crippen LogP contribution in [0.3, 0.4) is 0 Å². The predicted molar refractivity (Wildman–Crippen MR) is 80.0 cm³/mol. The molecular weight excluding hydrogens is 342 g/mol. The molecule has 1 fully saturated rings. The van der Waals surface area contributed by atoms with E-state index in [9.17, 15) is 23.2 Å². The number of benzene rings is 1. The Morgan fingerprint density at radius 3 is 2.56 bits per heavy atom. The number of morpholine rings is 1. The normalized spacial score (nSPS) is 17.0. The molecule has 1 N–H and O–H groups in total. The van der Waals surface area contributed by atoms with Gasteiger partial charge in [-0.25, -0.2) is 23.2 Å². The van der Waals surface area contributed by atoms with E-state index >= 15 is 0 Å². The third kappa shape index (κ3) is 4.21. The Labute approximate surface area is 141 Å². The molecule has 1 aromatic rings. The second-order valence-electron chi connectivity index (χ2n) is 5.06. The van der Waals surface area contributed by atoms with Gasteiger partial charge in [0.15, 0.2) is 6.10 Å². The number of amides is 2. The number of ether oxygens (including phenoxy) is 3. The largest absolute Gasteiger partial charge is 0.467 e. The van der Waals surface area contributed by atoms with Gasteiger partial charge in [-0.1, -0.05) is 0 Å². The molecule has 1 aromatic carbocycles. The molecule has 0 radical (unpaired) electrons. The first-order valence-corrected chi connectivity index (χ1v) is 7.20. The molecule has 1 unspecified atom stereocenters. The van der Waals surface area contributed by atoms with Gasteiger partial charge in [-0.2, -0.15) is 0 Å². The highest BCUT2D eigenvalue weighted by Crippen LogP contribution is 2.21. The highest BCUT2D eigenvalue weighted by atomic mass is 19.1. The SMILES string of the molecule is COC(=O)c1cc(NC(=O)N2CCOC(C(=O)OC)C2)c(F)cc1F. The predicted octanol–water partition coefficient (Wildman–Crippen LogP) is 1.16. The van der Waals surface area contributed by atoms with E-state index in [1.165, 1.54) is 12.0 Å². The zero-order valence-corrected chi connectivity index (χ0v) is 13.5. The van der Waals surface area contributed by atoms with Gasteiger partial charge < -0.3 is 24.4 Å². The minimum Gasteiger partial charge on any atom is -0.467 e. The monoisotopic (exact) mass is 358 g/mol. The lowest BCUT2D eigenvalue weighted by Gasteiger charge is -2.31.